The van der Waals surface area contributed by atoms with Gasteiger partial charge in [-0.25, -0.2) is 0 Å². The molecule has 0 saturated heterocycles. The lowest BCUT2D eigenvalue weighted by molar-refractivity contribution is -0.118. The second-order valence-electron chi connectivity index (χ2n) is 4.13. The third kappa shape index (κ3) is 3.70. The molecule has 0 aliphatic heterocycles. The molecule has 0 radical (unpaired) electrons. The van der Waals surface area contributed by atoms with Crippen molar-refractivity contribution in [1.29, 1.82) is 0 Å². The van der Waals surface area contributed by atoms with Gasteiger partial charge in [0.1, 0.15) is 0 Å². The lowest BCUT2D eigenvalue weighted by Gasteiger charge is -2.12. The smallest absolute Gasteiger partial charge is 0.166 e. The van der Waals surface area contributed by atoms with Crippen LogP contribution < -0.4 is 0 Å². The molecule has 0 spiro atoms. The average molecular weight is 302 g/mol. The Hall–Kier alpha value is -0.510. The van der Waals surface area contributed by atoms with E-state index in [0.717, 1.165) is 0 Å². The fraction of sp³-hybridized carbons (Fsp3) is 0.333. The number of hydrogen-bond acceptors (Lipinski definition) is 1. The topological polar surface area (TPSA) is 17.1 Å². The van der Waals surface area contributed by atoms with E-state index in [-0.39, 0.29) is 31.9 Å². The number of hydrogen-bond donors (Lipinski definition) is 0. The largest absolute Gasteiger partial charge is 0.294 e. The Kier molecular flexibility index (Phi) is 3.98. The van der Waals surface area contributed by atoms with Crippen LogP contribution in [0.25, 0.3) is 0 Å². The van der Waals surface area contributed by atoms with Crippen LogP contribution >= 0.6 is 20.7 Å². The van der Waals surface area contributed by atoms with E-state index >= 15 is 0 Å². The van der Waals surface area contributed by atoms with Gasteiger partial charge in [-0.2, -0.15) is 0 Å². The molecule has 1 aromatic rings. The number of carbonyl (C=O) groups is 1. The van der Waals surface area contributed by atoms with Crippen molar-refractivity contribution in [2.24, 2.45) is 5.41 Å². The summed E-state index contributed by atoms with van der Waals surface area (Å²) in [6, 6.07) is 10.2. The normalized spacial score (nSPS) is 12.5. The van der Waals surface area contributed by atoms with Crippen LogP contribution in [0, 0.1) is 8.99 Å². The van der Waals surface area contributed by atoms with Gasteiger partial charge < -0.3 is 0 Å². The lowest BCUT2D eigenvalue weighted by Crippen LogP contribution is -2.20. The highest BCUT2D eigenvalue weighted by atomic mass is 127. The van der Waals surface area contributed by atoms with Crippen LogP contribution in [0.2, 0.25) is 0 Å². The summed E-state index contributed by atoms with van der Waals surface area (Å²) in [7, 11) is 0. The van der Waals surface area contributed by atoms with Gasteiger partial charge in [-0.15, -0.1) is 0 Å². The van der Waals surface area contributed by atoms with Crippen molar-refractivity contribution in [3.63, 3.8) is 0 Å². The summed E-state index contributed by atoms with van der Waals surface area (Å²) < 4.78 is 3.18. The molecule has 0 bridgehead atoms. The minimum Gasteiger partial charge on any atom is -0.294 e. The van der Waals surface area contributed by atoms with Crippen LogP contribution in [0.5, 0.6) is 0 Å². The van der Waals surface area contributed by atoms with Crippen molar-refractivity contribution >= 4 is 30.5 Å². The zero-order valence-corrected chi connectivity index (χ0v) is 10.9. The van der Waals surface area contributed by atoms with Gasteiger partial charge in [0, 0.05) is 13.0 Å². The minimum atomic E-state index is -0.254. The molecule has 0 aliphatic carbocycles. The Morgan fingerprint density at radius 3 is 2.29 bits per heavy atom. The first-order valence-electron chi connectivity index (χ1n) is 4.56. The van der Waals surface area contributed by atoms with Gasteiger partial charge in [0.15, 0.2) is 5.78 Å². The van der Waals surface area contributed by atoms with Crippen molar-refractivity contribution in [2.45, 2.75) is 20.8 Å². The van der Waals surface area contributed by atoms with Gasteiger partial charge in [0.2, 0.25) is 0 Å². The van der Waals surface area contributed by atoms with Gasteiger partial charge >= 0.3 is 0 Å². The van der Waals surface area contributed by atoms with Crippen LogP contribution in [-0.2, 0) is 4.79 Å². The number of rotatable bonds is 2. The first kappa shape index (κ1) is 11.6. The van der Waals surface area contributed by atoms with E-state index in [4.69, 9.17) is 0 Å². The lowest BCUT2D eigenvalue weighted by atomic mass is 9.92. The Balaban J connectivity index is 2.71. The standard InChI is InChI=1S/C12H15IO/c1-12(2,3)11(14)9-13-10-7-5-4-6-8-10/h4-9H,1-3H3. The van der Waals surface area contributed by atoms with Crippen molar-refractivity contribution in [2.75, 3.05) is 0 Å². The van der Waals surface area contributed by atoms with Crippen molar-refractivity contribution in [1.82, 2.24) is 0 Å². The molecule has 0 fully saturated rings. The van der Waals surface area contributed by atoms with Crippen LogP contribution in [0.15, 0.2) is 30.3 Å². The Morgan fingerprint density at radius 2 is 1.79 bits per heavy atom. The van der Waals surface area contributed by atoms with Gasteiger partial charge in [0.25, 0.3) is 0 Å². The quantitative estimate of drug-likeness (QED) is 0.767. The zero-order valence-electron chi connectivity index (χ0n) is 8.75. The summed E-state index contributed by atoms with van der Waals surface area (Å²) in [5.41, 5.74) is -0.228. The van der Waals surface area contributed by atoms with Gasteiger partial charge in [-0.1, -0.05) is 59.7 Å². The van der Waals surface area contributed by atoms with Gasteiger partial charge in [-0.3, -0.25) is 4.79 Å². The molecule has 0 atom stereocenters. The summed E-state index contributed by atoms with van der Waals surface area (Å²) >= 11 is -0.254. The Labute approximate surface area is 95.3 Å². The van der Waals surface area contributed by atoms with E-state index in [1.165, 1.54) is 3.57 Å². The predicted octanol–water partition coefficient (Wildman–Crippen LogP) is 3.24. The molecule has 1 aromatic carbocycles. The van der Waals surface area contributed by atoms with E-state index in [1.54, 1.807) is 0 Å². The van der Waals surface area contributed by atoms with E-state index in [0.29, 0.717) is 0 Å². The fourth-order valence-electron chi connectivity index (χ4n) is 0.764. The number of Topliss-reactive ketones (excluding diaryl/α,β-unsaturated/α-hetero) is 1. The number of benzene rings is 1. The maximum absolute atomic E-state index is 11.6. The Bertz CT molecular complexity index is 333. The summed E-state index contributed by atoms with van der Waals surface area (Å²) in [6.45, 7) is 5.88. The second kappa shape index (κ2) is 4.82. The molecular weight excluding hydrogens is 287 g/mol. The molecule has 0 saturated carbocycles. The number of carbonyl (C=O) groups excluding carboxylic acids is 1. The second-order valence-corrected chi connectivity index (χ2v) is 6.62. The van der Waals surface area contributed by atoms with Crippen LogP contribution in [-0.4, -0.2) is 9.79 Å². The van der Waals surface area contributed by atoms with Crippen molar-refractivity contribution in [3.05, 3.63) is 33.9 Å². The first-order chi connectivity index (χ1) is 6.50. The zero-order chi connectivity index (χ0) is 10.6. The van der Waals surface area contributed by atoms with E-state index < -0.39 is 0 Å². The molecule has 2 heteroatoms. The first-order valence-corrected chi connectivity index (χ1v) is 6.89. The maximum Gasteiger partial charge on any atom is 0.166 e. The average Bonchev–Trinajstić information content (AvgIpc) is 2.14. The molecule has 0 amide bonds. The predicted molar refractivity (Wildman–Crippen MR) is 69.7 cm³/mol. The molecule has 14 heavy (non-hydrogen) atoms. The van der Waals surface area contributed by atoms with Crippen LogP contribution in [0.4, 0.5) is 0 Å². The molecule has 1 rings (SSSR count). The molecule has 0 aliphatic rings. The molecule has 1 nitrogen and oxygen atoms in total. The molecule has 0 N–H and O–H groups in total. The van der Waals surface area contributed by atoms with Crippen LogP contribution in [0.3, 0.4) is 0 Å². The minimum absolute atomic E-state index is 0.228. The van der Waals surface area contributed by atoms with Gasteiger partial charge in [-0.05, 0) is 12.1 Å². The highest BCUT2D eigenvalue weighted by Crippen LogP contribution is 2.16. The van der Waals surface area contributed by atoms with Crippen molar-refractivity contribution in [3.8, 4) is 0 Å². The molecular formula is C12H15IO. The number of halogens is 1. The highest BCUT2D eigenvalue weighted by molar-refractivity contribution is 14.2. The summed E-state index contributed by atoms with van der Waals surface area (Å²) in [4.78, 5) is 11.6. The fourth-order valence-corrected chi connectivity index (χ4v) is 3.17. The third-order valence-corrected chi connectivity index (χ3v) is 4.07. The van der Waals surface area contributed by atoms with E-state index in [9.17, 15) is 4.79 Å². The van der Waals surface area contributed by atoms with Gasteiger partial charge in [0.05, 0.1) is 0 Å². The number of ketones is 1. The molecule has 76 valence electrons. The maximum atomic E-state index is 11.6. The Morgan fingerprint density at radius 1 is 1.21 bits per heavy atom. The monoisotopic (exact) mass is 302 g/mol. The molecule has 0 heterocycles. The molecule has 0 aromatic heterocycles. The van der Waals surface area contributed by atoms with Crippen LogP contribution in [0.1, 0.15) is 20.8 Å². The van der Waals surface area contributed by atoms with E-state index in [1.807, 2.05) is 43.0 Å². The van der Waals surface area contributed by atoms with E-state index in [2.05, 4.69) is 12.1 Å². The molecule has 0 unspecified atom stereocenters. The summed E-state index contributed by atoms with van der Waals surface area (Å²) in [5, 5.41) is 0. The summed E-state index contributed by atoms with van der Waals surface area (Å²) in [5.74, 6) is 0.258. The van der Waals surface area contributed by atoms with Crippen molar-refractivity contribution < 1.29 is 4.79 Å². The SMILES string of the molecule is CC(C)(C)C(=O)C=Ic1ccccc1. The summed E-state index contributed by atoms with van der Waals surface area (Å²) in [6.07, 6.45) is 0. The third-order valence-electron chi connectivity index (χ3n) is 1.75. The highest BCUT2D eigenvalue weighted by Gasteiger charge is 2.17.